The van der Waals surface area contributed by atoms with Gasteiger partial charge in [-0.05, 0) is 37.3 Å². The first-order valence-electron chi connectivity index (χ1n) is 6.93. The molecule has 2 rings (SSSR count). The van der Waals surface area contributed by atoms with Crippen molar-refractivity contribution in [1.29, 1.82) is 0 Å². The summed E-state index contributed by atoms with van der Waals surface area (Å²) in [5, 5.41) is 14.3. The van der Waals surface area contributed by atoms with Crippen LogP contribution < -0.4 is 5.32 Å². The van der Waals surface area contributed by atoms with E-state index in [1.54, 1.807) is 11.3 Å². The molecule has 0 spiro atoms. The Morgan fingerprint density at radius 1 is 1.53 bits per heavy atom. The highest BCUT2D eigenvalue weighted by Crippen LogP contribution is 2.15. The highest BCUT2D eigenvalue weighted by atomic mass is 32.1. The molecular formula is C14H22N2O2S. The number of piperidine rings is 1. The molecule has 0 saturated carbocycles. The lowest BCUT2D eigenvalue weighted by Crippen LogP contribution is -2.47. The van der Waals surface area contributed by atoms with Crippen molar-refractivity contribution in [2.75, 3.05) is 26.2 Å². The van der Waals surface area contributed by atoms with Gasteiger partial charge in [0.15, 0.2) is 0 Å². The van der Waals surface area contributed by atoms with Gasteiger partial charge >= 0.3 is 0 Å². The molecule has 1 amide bonds. The van der Waals surface area contributed by atoms with Crippen molar-refractivity contribution in [2.24, 2.45) is 0 Å². The summed E-state index contributed by atoms with van der Waals surface area (Å²) in [5.74, 6) is 0.0666. The lowest BCUT2D eigenvalue weighted by molar-refractivity contribution is -0.123. The van der Waals surface area contributed by atoms with Gasteiger partial charge in [-0.25, -0.2) is 0 Å². The minimum Gasteiger partial charge on any atom is -0.395 e. The van der Waals surface area contributed by atoms with Gasteiger partial charge in [0.2, 0.25) is 5.91 Å². The molecule has 0 radical (unpaired) electrons. The molecular weight excluding hydrogens is 260 g/mol. The van der Waals surface area contributed by atoms with E-state index in [2.05, 4.69) is 21.7 Å². The summed E-state index contributed by atoms with van der Waals surface area (Å²) < 4.78 is 0. The number of hydrogen-bond donors (Lipinski definition) is 2. The molecule has 0 bridgehead atoms. The molecule has 0 aliphatic carbocycles. The Morgan fingerprint density at radius 3 is 3.16 bits per heavy atom. The molecule has 1 saturated heterocycles. The monoisotopic (exact) mass is 282 g/mol. The van der Waals surface area contributed by atoms with Crippen molar-refractivity contribution < 1.29 is 9.90 Å². The van der Waals surface area contributed by atoms with Crippen LogP contribution >= 0.6 is 11.3 Å². The van der Waals surface area contributed by atoms with Crippen LogP contribution in [-0.2, 0) is 11.2 Å². The van der Waals surface area contributed by atoms with Gasteiger partial charge in [-0.2, -0.15) is 0 Å². The average Bonchev–Trinajstić information content (AvgIpc) is 2.92. The van der Waals surface area contributed by atoms with Gasteiger partial charge in [0.1, 0.15) is 0 Å². The third kappa shape index (κ3) is 4.60. The van der Waals surface area contributed by atoms with E-state index in [-0.39, 0.29) is 18.6 Å². The number of aliphatic hydroxyl groups is 1. The smallest absolute Gasteiger partial charge is 0.234 e. The molecule has 2 heterocycles. The van der Waals surface area contributed by atoms with Crippen molar-refractivity contribution in [3.8, 4) is 0 Å². The standard InChI is InChI=1S/C14H22N2O2S/c17-11-12-4-1-2-8-16(12)10-14(18)15-7-6-13-5-3-9-19-13/h3,5,9,12,17H,1-2,4,6-8,10-11H2,(H,15,18). The minimum absolute atomic E-state index is 0.0666. The van der Waals surface area contributed by atoms with E-state index in [9.17, 15) is 9.90 Å². The van der Waals surface area contributed by atoms with Crippen LogP contribution in [0.5, 0.6) is 0 Å². The maximum Gasteiger partial charge on any atom is 0.234 e. The van der Waals surface area contributed by atoms with Crippen LogP contribution in [0.15, 0.2) is 17.5 Å². The van der Waals surface area contributed by atoms with Crippen LogP contribution in [0.4, 0.5) is 0 Å². The van der Waals surface area contributed by atoms with Crippen molar-refractivity contribution in [3.63, 3.8) is 0 Å². The number of likely N-dealkylation sites (tertiary alicyclic amines) is 1. The minimum atomic E-state index is 0.0666. The molecule has 1 aliphatic rings. The number of thiophene rings is 1. The second-order valence-electron chi connectivity index (χ2n) is 4.98. The fourth-order valence-corrected chi connectivity index (χ4v) is 3.20. The summed E-state index contributed by atoms with van der Waals surface area (Å²) in [7, 11) is 0. The molecule has 1 atom stereocenters. The normalized spacial score (nSPS) is 20.4. The maximum atomic E-state index is 11.9. The van der Waals surface area contributed by atoms with Crippen LogP contribution in [0.2, 0.25) is 0 Å². The lowest BCUT2D eigenvalue weighted by Gasteiger charge is -2.33. The zero-order chi connectivity index (χ0) is 13.5. The first-order valence-corrected chi connectivity index (χ1v) is 7.81. The summed E-state index contributed by atoms with van der Waals surface area (Å²) >= 11 is 1.72. The van der Waals surface area contributed by atoms with Crippen molar-refractivity contribution in [3.05, 3.63) is 22.4 Å². The number of hydrogen-bond acceptors (Lipinski definition) is 4. The summed E-state index contributed by atoms with van der Waals surface area (Å²) in [4.78, 5) is 15.3. The van der Waals surface area contributed by atoms with Gasteiger partial charge in [-0.1, -0.05) is 12.5 Å². The number of aliphatic hydroxyl groups excluding tert-OH is 1. The quantitative estimate of drug-likeness (QED) is 0.826. The molecule has 1 aromatic heterocycles. The molecule has 5 heteroatoms. The lowest BCUT2D eigenvalue weighted by atomic mass is 10.0. The molecule has 1 aliphatic heterocycles. The second kappa shape index (κ2) is 7.62. The van der Waals surface area contributed by atoms with Gasteiger partial charge < -0.3 is 10.4 Å². The van der Waals surface area contributed by atoms with Gasteiger partial charge in [-0.15, -0.1) is 11.3 Å². The number of rotatable bonds is 6. The van der Waals surface area contributed by atoms with Crippen LogP contribution in [0.25, 0.3) is 0 Å². The van der Waals surface area contributed by atoms with Crippen molar-refractivity contribution >= 4 is 17.2 Å². The molecule has 0 aromatic carbocycles. The number of carbonyl (C=O) groups excluding carboxylic acids is 1. The van der Waals surface area contributed by atoms with Crippen LogP contribution in [0.3, 0.4) is 0 Å². The Kier molecular flexibility index (Phi) is 5.82. The first-order chi connectivity index (χ1) is 9.29. The summed E-state index contributed by atoms with van der Waals surface area (Å²) in [6, 6.07) is 4.28. The average molecular weight is 282 g/mol. The van der Waals surface area contributed by atoms with Gasteiger partial charge in [0.25, 0.3) is 0 Å². The Hall–Kier alpha value is -0.910. The SMILES string of the molecule is O=C(CN1CCCCC1CO)NCCc1cccs1. The summed E-state index contributed by atoms with van der Waals surface area (Å²) in [6.45, 7) is 2.18. The van der Waals surface area contributed by atoms with Crippen LogP contribution in [-0.4, -0.2) is 48.2 Å². The number of amides is 1. The molecule has 4 nitrogen and oxygen atoms in total. The van der Waals surface area contributed by atoms with Crippen LogP contribution in [0, 0.1) is 0 Å². The fourth-order valence-electron chi connectivity index (χ4n) is 2.50. The van der Waals surface area contributed by atoms with E-state index in [0.29, 0.717) is 13.1 Å². The highest BCUT2D eigenvalue weighted by molar-refractivity contribution is 7.09. The van der Waals surface area contributed by atoms with E-state index in [1.807, 2.05) is 6.07 Å². The number of nitrogens with zero attached hydrogens (tertiary/aromatic N) is 1. The molecule has 106 valence electrons. The van der Waals surface area contributed by atoms with Gasteiger partial charge in [0.05, 0.1) is 13.2 Å². The van der Waals surface area contributed by atoms with Gasteiger partial charge in [-0.3, -0.25) is 9.69 Å². The number of carbonyl (C=O) groups is 1. The fraction of sp³-hybridized carbons (Fsp3) is 0.643. The topological polar surface area (TPSA) is 52.6 Å². The highest BCUT2D eigenvalue weighted by Gasteiger charge is 2.23. The molecule has 19 heavy (non-hydrogen) atoms. The van der Waals surface area contributed by atoms with Crippen LogP contribution in [0.1, 0.15) is 24.1 Å². The third-order valence-corrected chi connectivity index (χ3v) is 4.52. The Labute approximate surface area is 118 Å². The Morgan fingerprint density at radius 2 is 2.42 bits per heavy atom. The van der Waals surface area contributed by atoms with E-state index < -0.39 is 0 Å². The number of nitrogens with one attached hydrogen (secondary N) is 1. The Bertz CT molecular complexity index is 381. The zero-order valence-electron chi connectivity index (χ0n) is 11.2. The van der Waals surface area contributed by atoms with E-state index >= 15 is 0 Å². The Balaban J connectivity index is 1.68. The summed E-state index contributed by atoms with van der Waals surface area (Å²) in [6.07, 6.45) is 4.17. The maximum absolute atomic E-state index is 11.9. The zero-order valence-corrected chi connectivity index (χ0v) is 12.0. The molecule has 1 aromatic rings. The molecule has 1 fully saturated rings. The largest absolute Gasteiger partial charge is 0.395 e. The van der Waals surface area contributed by atoms with E-state index in [1.165, 1.54) is 4.88 Å². The third-order valence-electron chi connectivity index (χ3n) is 3.58. The summed E-state index contributed by atoms with van der Waals surface area (Å²) in [5.41, 5.74) is 0. The molecule has 1 unspecified atom stereocenters. The predicted molar refractivity (Wildman–Crippen MR) is 77.3 cm³/mol. The second-order valence-corrected chi connectivity index (χ2v) is 6.01. The first kappa shape index (κ1) is 14.5. The van der Waals surface area contributed by atoms with E-state index in [4.69, 9.17) is 0 Å². The van der Waals surface area contributed by atoms with Crippen molar-refractivity contribution in [1.82, 2.24) is 10.2 Å². The van der Waals surface area contributed by atoms with Crippen molar-refractivity contribution in [2.45, 2.75) is 31.7 Å². The molecule has 2 N–H and O–H groups in total. The van der Waals surface area contributed by atoms with Gasteiger partial charge in [0, 0.05) is 17.5 Å². The predicted octanol–water partition coefficient (Wildman–Crippen LogP) is 1.25. The van der Waals surface area contributed by atoms with E-state index in [0.717, 1.165) is 32.2 Å².